The average molecular weight is 262 g/mol. The zero-order chi connectivity index (χ0) is 13.1. The minimum absolute atomic E-state index is 0.514. The minimum Gasteiger partial charge on any atom is -0.495 e. The Balaban J connectivity index is 2.57. The van der Waals surface area contributed by atoms with Gasteiger partial charge in [0, 0.05) is 6.54 Å². The molecule has 0 aromatic heterocycles. The molecule has 94 valence electrons. The number of methoxy groups -OCH3 is 1. The van der Waals surface area contributed by atoms with Crippen LogP contribution in [0.5, 0.6) is 5.75 Å². The van der Waals surface area contributed by atoms with E-state index in [2.05, 4.69) is 25.1 Å². The molecular weight excluding hydrogens is 246 g/mol. The van der Waals surface area contributed by atoms with Gasteiger partial charge in [-0.25, -0.2) is 0 Å². The van der Waals surface area contributed by atoms with E-state index in [9.17, 15) is 0 Å². The molecule has 2 rings (SSSR count). The average Bonchev–Trinajstić information content (AvgIpc) is 2.39. The first-order valence-corrected chi connectivity index (χ1v) is 6.17. The predicted molar refractivity (Wildman–Crippen MR) is 76.1 cm³/mol. The number of hydrogen-bond acceptors (Lipinski definition) is 2. The van der Waals surface area contributed by atoms with E-state index in [0.717, 1.165) is 16.7 Å². The minimum atomic E-state index is 0.514. The largest absolute Gasteiger partial charge is 0.495 e. The quantitative estimate of drug-likeness (QED) is 0.913. The van der Waals surface area contributed by atoms with Gasteiger partial charge < -0.3 is 10.5 Å². The van der Waals surface area contributed by atoms with Crippen LogP contribution in [0.4, 0.5) is 0 Å². The molecule has 0 aliphatic heterocycles. The molecule has 0 saturated heterocycles. The third kappa shape index (κ3) is 2.50. The zero-order valence-electron chi connectivity index (χ0n) is 10.5. The maximum atomic E-state index is 6.04. The van der Waals surface area contributed by atoms with Crippen LogP contribution in [-0.2, 0) is 6.54 Å². The van der Waals surface area contributed by atoms with Crippen molar-refractivity contribution in [1.82, 2.24) is 0 Å². The smallest absolute Gasteiger partial charge is 0.138 e. The summed E-state index contributed by atoms with van der Waals surface area (Å²) in [5, 5.41) is 0.614. The van der Waals surface area contributed by atoms with E-state index in [-0.39, 0.29) is 0 Å². The summed E-state index contributed by atoms with van der Waals surface area (Å²) < 4.78 is 5.25. The second-order valence-corrected chi connectivity index (χ2v) is 4.62. The van der Waals surface area contributed by atoms with Gasteiger partial charge in [0.2, 0.25) is 0 Å². The Hall–Kier alpha value is -1.51. The molecule has 0 unspecified atom stereocenters. The van der Waals surface area contributed by atoms with E-state index < -0.39 is 0 Å². The molecule has 2 aromatic carbocycles. The third-order valence-corrected chi connectivity index (χ3v) is 3.26. The maximum absolute atomic E-state index is 6.04. The first-order chi connectivity index (χ1) is 8.65. The summed E-state index contributed by atoms with van der Waals surface area (Å²) >= 11 is 6.04. The van der Waals surface area contributed by atoms with E-state index in [0.29, 0.717) is 17.3 Å². The molecule has 0 heterocycles. The van der Waals surface area contributed by atoms with Crippen molar-refractivity contribution in [2.45, 2.75) is 13.5 Å². The predicted octanol–water partition coefficient (Wildman–Crippen LogP) is 3.78. The summed E-state index contributed by atoms with van der Waals surface area (Å²) in [6.07, 6.45) is 0. The Morgan fingerprint density at radius 1 is 1.17 bits per heavy atom. The van der Waals surface area contributed by atoms with Gasteiger partial charge in [-0.05, 0) is 35.7 Å². The van der Waals surface area contributed by atoms with Crippen molar-refractivity contribution in [1.29, 1.82) is 0 Å². The van der Waals surface area contributed by atoms with Crippen molar-refractivity contribution in [2.24, 2.45) is 5.73 Å². The van der Waals surface area contributed by atoms with Gasteiger partial charge in [0.1, 0.15) is 5.75 Å². The van der Waals surface area contributed by atoms with Gasteiger partial charge in [-0.15, -0.1) is 0 Å². The highest BCUT2D eigenvalue weighted by atomic mass is 35.5. The first-order valence-electron chi connectivity index (χ1n) is 5.79. The lowest BCUT2D eigenvalue weighted by Gasteiger charge is -2.11. The molecule has 2 aromatic rings. The highest BCUT2D eigenvalue weighted by Crippen LogP contribution is 2.32. The lowest BCUT2D eigenvalue weighted by atomic mass is 9.97. The molecule has 2 N–H and O–H groups in total. The second-order valence-electron chi connectivity index (χ2n) is 4.21. The number of ether oxygens (including phenoxy) is 1. The Morgan fingerprint density at radius 2 is 1.94 bits per heavy atom. The van der Waals surface area contributed by atoms with Crippen LogP contribution in [0.3, 0.4) is 0 Å². The molecule has 18 heavy (non-hydrogen) atoms. The first kappa shape index (κ1) is 12.9. The molecule has 2 nitrogen and oxygen atoms in total. The summed E-state index contributed by atoms with van der Waals surface area (Å²) in [5.74, 6) is 0.679. The highest BCUT2D eigenvalue weighted by Gasteiger charge is 2.08. The number of benzene rings is 2. The van der Waals surface area contributed by atoms with Gasteiger partial charge in [-0.2, -0.15) is 0 Å². The Kier molecular flexibility index (Phi) is 3.90. The fraction of sp³-hybridized carbons (Fsp3) is 0.200. The molecule has 3 heteroatoms. The lowest BCUT2D eigenvalue weighted by molar-refractivity contribution is 0.415. The van der Waals surface area contributed by atoms with E-state index in [1.807, 2.05) is 18.2 Å². The molecular formula is C15H16ClNO. The number of halogens is 1. The summed E-state index contributed by atoms with van der Waals surface area (Å²) in [4.78, 5) is 0. The van der Waals surface area contributed by atoms with Gasteiger partial charge in [-0.1, -0.05) is 41.4 Å². The Bertz CT molecular complexity index is 566. The van der Waals surface area contributed by atoms with Gasteiger partial charge in [0.25, 0.3) is 0 Å². The molecule has 0 saturated carbocycles. The van der Waals surface area contributed by atoms with Crippen molar-refractivity contribution in [3.8, 4) is 16.9 Å². The second kappa shape index (κ2) is 5.42. The van der Waals surface area contributed by atoms with Crippen LogP contribution in [0.2, 0.25) is 5.02 Å². The SMILES string of the molecule is COc1cc(-c2cc(C)ccc2CN)ccc1Cl. The number of aryl methyl sites for hydroxylation is 1. The molecule has 0 radical (unpaired) electrons. The number of nitrogens with two attached hydrogens (primary N) is 1. The van der Waals surface area contributed by atoms with E-state index in [1.54, 1.807) is 7.11 Å². The molecule has 0 aliphatic carbocycles. The van der Waals surface area contributed by atoms with Crippen LogP contribution in [0.15, 0.2) is 36.4 Å². The molecule has 0 bridgehead atoms. The molecule has 0 fully saturated rings. The third-order valence-electron chi connectivity index (χ3n) is 2.95. The van der Waals surface area contributed by atoms with E-state index in [4.69, 9.17) is 22.1 Å². The summed E-state index contributed by atoms with van der Waals surface area (Å²) in [5.41, 5.74) is 10.3. The van der Waals surface area contributed by atoms with Gasteiger partial charge in [0.05, 0.1) is 12.1 Å². The van der Waals surface area contributed by atoms with Gasteiger partial charge in [0.15, 0.2) is 0 Å². The van der Waals surface area contributed by atoms with E-state index in [1.165, 1.54) is 5.56 Å². The molecule has 0 amide bonds. The van der Waals surface area contributed by atoms with Crippen LogP contribution in [0.25, 0.3) is 11.1 Å². The summed E-state index contributed by atoms with van der Waals surface area (Å²) in [7, 11) is 1.62. The number of rotatable bonds is 3. The standard InChI is InChI=1S/C15H16ClNO/c1-10-3-4-12(9-17)13(7-10)11-5-6-14(16)15(8-11)18-2/h3-8H,9,17H2,1-2H3. The molecule has 0 aliphatic rings. The topological polar surface area (TPSA) is 35.2 Å². The van der Waals surface area contributed by atoms with Crippen LogP contribution in [0.1, 0.15) is 11.1 Å². The van der Waals surface area contributed by atoms with Gasteiger partial charge >= 0.3 is 0 Å². The van der Waals surface area contributed by atoms with Crippen molar-refractivity contribution < 1.29 is 4.74 Å². The van der Waals surface area contributed by atoms with Crippen LogP contribution >= 0.6 is 11.6 Å². The lowest BCUT2D eigenvalue weighted by Crippen LogP contribution is -1.99. The molecule has 0 atom stereocenters. The van der Waals surface area contributed by atoms with Gasteiger partial charge in [-0.3, -0.25) is 0 Å². The fourth-order valence-electron chi connectivity index (χ4n) is 1.96. The monoisotopic (exact) mass is 261 g/mol. The van der Waals surface area contributed by atoms with Crippen molar-refractivity contribution in [2.75, 3.05) is 7.11 Å². The van der Waals surface area contributed by atoms with Crippen molar-refractivity contribution in [3.63, 3.8) is 0 Å². The Morgan fingerprint density at radius 3 is 2.61 bits per heavy atom. The molecule has 0 spiro atoms. The highest BCUT2D eigenvalue weighted by molar-refractivity contribution is 6.32. The Labute approximate surface area is 112 Å². The van der Waals surface area contributed by atoms with E-state index >= 15 is 0 Å². The van der Waals surface area contributed by atoms with Crippen LogP contribution in [0, 0.1) is 6.92 Å². The summed E-state index contributed by atoms with van der Waals surface area (Å²) in [6, 6.07) is 12.0. The summed E-state index contributed by atoms with van der Waals surface area (Å²) in [6.45, 7) is 2.58. The van der Waals surface area contributed by atoms with Crippen molar-refractivity contribution in [3.05, 3.63) is 52.5 Å². The van der Waals surface area contributed by atoms with Crippen LogP contribution < -0.4 is 10.5 Å². The normalized spacial score (nSPS) is 10.4. The van der Waals surface area contributed by atoms with Crippen LogP contribution in [-0.4, -0.2) is 7.11 Å². The van der Waals surface area contributed by atoms with Crippen molar-refractivity contribution >= 4 is 11.6 Å². The number of hydrogen-bond donors (Lipinski definition) is 1. The fourth-order valence-corrected chi connectivity index (χ4v) is 2.16. The maximum Gasteiger partial charge on any atom is 0.138 e. The zero-order valence-corrected chi connectivity index (χ0v) is 11.3.